The zero-order valence-corrected chi connectivity index (χ0v) is 17.2. The van der Waals surface area contributed by atoms with Crippen LogP contribution < -0.4 is 9.62 Å². The Balaban J connectivity index is 1.49. The molecular weight excluding hydrogens is 409 g/mol. The summed E-state index contributed by atoms with van der Waals surface area (Å²) in [6.07, 6.45) is 1.68. The average molecular weight is 431 g/mol. The Bertz CT molecular complexity index is 1160. The number of aromatic amines is 1. The topological polar surface area (TPSA) is 98.4 Å². The third-order valence-corrected chi connectivity index (χ3v) is 5.56. The van der Waals surface area contributed by atoms with Crippen molar-refractivity contribution in [2.24, 2.45) is 0 Å². The van der Waals surface area contributed by atoms with E-state index in [2.05, 4.69) is 19.6 Å². The zero-order chi connectivity index (χ0) is 21.3. The number of sulfonamides is 1. The van der Waals surface area contributed by atoms with E-state index in [1.165, 1.54) is 12.1 Å². The van der Waals surface area contributed by atoms with Gasteiger partial charge in [-0.1, -0.05) is 12.1 Å². The minimum atomic E-state index is -3.65. The summed E-state index contributed by atoms with van der Waals surface area (Å²) in [6, 6.07) is 11.5. The van der Waals surface area contributed by atoms with Gasteiger partial charge in [-0.15, -0.1) is 0 Å². The molecule has 0 radical (unpaired) electrons. The van der Waals surface area contributed by atoms with Crippen LogP contribution in [-0.4, -0.2) is 61.6 Å². The number of carbonyl (C=O) groups is 1. The van der Waals surface area contributed by atoms with Gasteiger partial charge in [0.2, 0.25) is 16.0 Å². The SMILES string of the molecule is CS(=O)(=O)Nc1cc(C(=O)N2CCCN(c3nc4ccccc4[nH]3)CC2)ccc1F. The van der Waals surface area contributed by atoms with Gasteiger partial charge in [0.25, 0.3) is 5.91 Å². The highest BCUT2D eigenvalue weighted by atomic mass is 32.2. The number of carbonyl (C=O) groups excluding carboxylic acids is 1. The summed E-state index contributed by atoms with van der Waals surface area (Å²) in [7, 11) is -3.65. The number of anilines is 2. The van der Waals surface area contributed by atoms with Crippen LogP contribution in [0.4, 0.5) is 16.0 Å². The Kier molecular flexibility index (Phi) is 5.33. The highest BCUT2D eigenvalue weighted by molar-refractivity contribution is 7.92. The molecule has 8 nitrogen and oxygen atoms in total. The number of halogens is 1. The number of nitrogens with one attached hydrogen (secondary N) is 2. The summed E-state index contributed by atoms with van der Waals surface area (Å²) >= 11 is 0. The van der Waals surface area contributed by atoms with Gasteiger partial charge in [0, 0.05) is 31.7 Å². The van der Waals surface area contributed by atoms with Crippen molar-refractivity contribution in [1.29, 1.82) is 0 Å². The molecule has 10 heteroatoms. The van der Waals surface area contributed by atoms with E-state index >= 15 is 0 Å². The van der Waals surface area contributed by atoms with Gasteiger partial charge < -0.3 is 14.8 Å². The lowest BCUT2D eigenvalue weighted by Gasteiger charge is -2.22. The van der Waals surface area contributed by atoms with Crippen LogP contribution in [0.15, 0.2) is 42.5 Å². The van der Waals surface area contributed by atoms with E-state index in [0.717, 1.165) is 42.3 Å². The van der Waals surface area contributed by atoms with E-state index in [0.29, 0.717) is 19.6 Å². The summed E-state index contributed by atoms with van der Waals surface area (Å²) in [5.41, 5.74) is 1.85. The standard InChI is InChI=1S/C20H22FN5O3S/c1-30(28,29)24-18-13-14(7-8-15(18)21)19(27)25-9-4-10-26(12-11-25)20-22-16-5-2-3-6-17(16)23-20/h2-3,5-8,13,24H,4,9-12H2,1H3,(H,22,23). The Hall–Kier alpha value is -3.14. The molecule has 2 aromatic carbocycles. The molecule has 1 aliphatic rings. The second-order valence-electron chi connectivity index (χ2n) is 7.28. The number of nitrogens with zero attached hydrogens (tertiary/aromatic N) is 3. The van der Waals surface area contributed by atoms with Crippen LogP contribution in [0.5, 0.6) is 0 Å². The van der Waals surface area contributed by atoms with E-state index in [9.17, 15) is 17.6 Å². The van der Waals surface area contributed by atoms with Crippen molar-refractivity contribution in [1.82, 2.24) is 14.9 Å². The Labute approximate surface area is 173 Å². The Morgan fingerprint density at radius 3 is 2.70 bits per heavy atom. The lowest BCUT2D eigenvalue weighted by Crippen LogP contribution is -2.35. The van der Waals surface area contributed by atoms with Crippen molar-refractivity contribution in [2.45, 2.75) is 6.42 Å². The molecule has 0 atom stereocenters. The molecule has 0 bridgehead atoms. The molecule has 1 fully saturated rings. The van der Waals surface area contributed by atoms with Crippen LogP contribution >= 0.6 is 0 Å². The normalized spacial score (nSPS) is 15.3. The smallest absolute Gasteiger partial charge is 0.253 e. The van der Waals surface area contributed by atoms with Crippen molar-refractivity contribution in [2.75, 3.05) is 42.1 Å². The molecule has 4 rings (SSSR count). The number of fused-ring (bicyclic) bond motifs is 1. The first-order valence-corrected chi connectivity index (χ1v) is 11.5. The van der Waals surface area contributed by atoms with Crippen molar-refractivity contribution in [3.8, 4) is 0 Å². The third-order valence-electron chi connectivity index (χ3n) is 4.97. The number of hydrogen-bond acceptors (Lipinski definition) is 5. The fourth-order valence-electron chi connectivity index (χ4n) is 3.54. The van der Waals surface area contributed by atoms with Gasteiger partial charge in [-0.25, -0.2) is 17.8 Å². The van der Waals surface area contributed by atoms with Crippen molar-refractivity contribution >= 4 is 38.6 Å². The predicted molar refractivity (Wildman–Crippen MR) is 114 cm³/mol. The molecule has 2 heterocycles. The molecular formula is C20H22FN5O3S. The number of benzene rings is 2. The van der Waals surface area contributed by atoms with Crippen LogP contribution in [-0.2, 0) is 10.0 Å². The molecule has 158 valence electrons. The van der Waals surface area contributed by atoms with Gasteiger partial charge in [0.1, 0.15) is 5.82 Å². The largest absolute Gasteiger partial charge is 0.341 e. The molecule has 3 aromatic rings. The minimum Gasteiger partial charge on any atom is -0.341 e. The summed E-state index contributed by atoms with van der Waals surface area (Å²) in [5, 5.41) is 0. The molecule has 1 saturated heterocycles. The van der Waals surface area contributed by atoms with Crippen LogP contribution in [0.1, 0.15) is 16.8 Å². The van der Waals surface area contributed by atoms with E-state index in [1.807, 2.05) is 24.3 Å². The maximum absolute atomic E-state index is 13.9. The van der Waals surface area contributed by atoms with Crippen LogP contribution in [0.2, 0.25) is 0 Å². The third kappa shape index (κ3) is 4.38. The lowest BCUT2D eigenvalue weighted by molar-refractivity contribution is 0.0767. The quantitative estimate of drug-likeness (QED) is 0.661. The maximum Gasteiger partial charge on any atom is 0.253 e. The molecule has 0 saturated carbocycles. The number of H-pyrrole nitrogens is 1. The number of rotatable bonds is 4. The predicted octanol–water partition coefficient (Wildman–Crippen LogP) is 2.43. The van der Waals surface area contributed by atoms with E-state index in [4.69, 9.17) is 0 Å². The molecule has 2 N–H and O–H groups in total. The molecule has 1 amide bonds. The van der Waals surface area contributed by atoms with Gasteiger partial charge in [0.05, 0.1) is 23.0 Å². The number of para-hydroxylation sites is 2. The van der Waals surface area contributed by atoms with Crippen LogP contribution in [0, 0.1) is 5.82 Å². The second-order valence-corrected chi connectivity index (χ2v) is 9.03. The van der Waals surface area contributed by atoms with Crippen molar-refractivity contribution in [3.05, 3.63) is 53.8 Å². The van der Waals surface area contributed by atoms with Gasteiger partial charge in [-0.05, 0) is 36.8 Å². The Morgan fingerprint density at radius 2 is 1.93 bits per heavy atom. The molecule has 0 unspecified atom stereocenters. The minimum absolute atomic E-state index is 0.234. The second kappa shape index (κ2) is 7.94. The molecule has 1 aromatic heterocycles. The van der Waals surface area contributed by atoms with Gasteiger partial charge in [-0.2, -0.15) is 0 Å². The molecule has 1 aliphatic heterocycles. The van der Waals surface area contributed by atoms with Crippen molar-refractivity contribution in [3.63, 3.8) is 0 Å². The number of aromatic nitrogens is 2. The first kappa shape index (κ1) is 20.1. The monoisotopic (exact) mass is 431 g/mol. The van der Waals surface area contributed by atoms with E-state index in [1.54, 1.807) is 4.90 Å². The first-order valence-electron chi connectivity index (χ1n) is 9.56. The number of amides is 1. The highest BCUT2D eigenvalue weighted by Gasteiger charge is 2.23. The fourth-order valence-corrected chi connectivity index (χ4v) is 4.10. The van der Waals surface area contributed by atoms with Crippen LogP contribution in [0.25, 0.3) is 11.0 Å². The molecule has 30 heavy (non-hydrogen) atoms. The summed E-state index contributed by atoms with van der Waals surface area (Å²) in [6.45, 7) is 2.36. The van der Waals surface area contributed by atoms with Crippen LogP contribution in [0.3, 0.4) is 0 Å². The lowest BCUT2D eigenvalue weighted by atomic mass is 10.1. The highest BCUT2D eigenvalue weighted by Crippen LogP contribution is 2.21. The number of imidazole rings is 1. The van der Waals surface area contributed by atoms with Gasteiger partial charge >= 0.3 is 0 Å². The van der Waals surface area contributed by atoms with Crippen molar-refractivity contribution < 1.29 is 17.6 Å². The fraction of sp³-hybridized carbons (Fsp3) is 0.300. The van der Waals surface area contributed by atoms with E-state index in [-0.39, 0.29) is 17.2 Å². The zero-order valence-electron chi connectivity index (χ0n) is 16.4. The van der Waals surface area contributed by atoms with Gasteiger partial charge in [0.15, 0.2) is 0 Å². The molecule has 0 aliphatic carbocycles. The van der Waals surface area contributed by atoms with Gasteiger partial charge in [-0.3, -0.25) is 9.52 Å². The summed E-state index contributed by atoms with van der Waals surface area (Å²) < 4.78 is 38.9. The first-order chi connectivity index (χ1) is 14.3. The van der Waals surface area contributed by atoms with E-state index < -0.39 is 15.8 Å². The Morgan fingerprint density at radius 1 is 1.13 bits per heavy atom. The maximum atomic E-state index is 13.9. The summed E-state index contributed by atoms with van der Waals surface area (Å²) in [5.74, 6) is -0.228. The number of hydrogen-bond donors (Lipinski definition) is 2. The molecule has 0 spiro atoms. The summed E-state index contributed by atoms with van der Waals surface area (Å²) in [4.78, 5) is 24.7. The average Bonchev–Trinajstić information content (AvgIpc) is 2.97.